The van der Waals surface area contributed by atoms with Gasteiger partial charge in [-0.05, 0) is 48.6 Å². The van der Waals surface area contributed by atoms with E-state index >= 15 is 0 Å². The van der Waals surface area contributed by atoms with Gasteiger partial charge in [-0.25, -0.2) is 0 Å². The molecular weight excluding hydrogens is 224 g/mol. The maximum atomic E-state index is 9.41. The predicted molar refractivity (Wildman–Crippen MR) is 74.0 cm³/mol. The molecule has 3 fully saturated rings. The van der Waals surface area contributed by atoms with Crippen LogP contribution in [0.5, 0.6) is 5.75 Å². The normalized spacial score (nSPS) is 30.2. The molecule has 0 amide bonds. The van der Waals surface area contributed by atoms with E-state index in [1.165, 1.54) is 12.1 Å². The van der Waals surface area contributed by atoms with Gasteiger partial charge in [-0.1, -0.05) is 13.8 Å². The predicted octanol–water partition coefficient (Wildman–Crippen LogP) is 2.22. The fourth-order valence-electron chi connectivity index (χ4n) is 3.65. The Kier molecular flexibility index (Phi) is 2.74. The molecule has 0 aromatic heterocycles. The topological polar surface area (TPSA) is 35.5 Å². The summed E-state index contributed by atoms with van der Waals surface area (Å²) in [5.41, 5.74) is 1.59. The van der Waals surface area contributed by atoms with Crippen LogP contribution in [0.3, 0.4) is 0 Å². The highest BCUT2D eigenvalue weighted by Gasteiger charge is 2.43. The van der Waals surface area contributed by atoms with Gasteiger partial charge in [0.1, 0.15) is 5.75 Å². The molecule has 1 aromatic rings. The first-order valence-electron chi connectivity index (χ1n) is 6.83. The molecule has 4 rings (SSSR count). The minimum absolute atomic E-state index is 0.344. The smallest absolute Gasteiger partial charge is 0.115 e. The molecule has 2 bridgehead atoms. The van der Waals surface area contributed by atoms with E-state index in [1.54, 1.807) is 12.1 Å². The number of fused-ring (bicyclic) bond motifs is 4. The first-order chi connectivity index (χ1) is 8.56. The van der Waals surface area contributed by atoms with Crippen LogP contribution in [-0.2, 0) is 0 Å². The third-order valence-corrected chi connectivity index (χ3v) is 4.50. The molecular formula is C15H22N2O. The lowest BCUT2D eigenvalue weighted by molar-refractivity contribution is 0.192. The summed E-state index contributed by atoms with van der Waals surface area (Å²) in [4.78, 5) is 2.52. The molecule has 2 atom stereocenters. The first-order valence-corrected chi connectivity index (χ1v) is 6.83. The SMILES string of the molecule is CC1(C)C[C@@H]2CNC[C@H]1N(c1ccc(O)cc1)C2. The third-order valence-electron chi connectivity index (χ3n) is 4.50. The lowest BCUT2D eigenvalue weighted by Crippen LogP contribution is -2.53. The van der Waals surface area contributed by atoms with Crippen molar-refractivity contribution in [2.24, 2.45) is 11.3 Å². The highest BCUT2D eigenvalue weighted by atomic mass is 16.3. The zero-order valence-corrected chi connectivity index (χ0v) is 11.2. The van der Waals surface area contributed by atoms with Gasteiger partial charge in [-0.3, -0.25) is 0 Å². The van der Waals surface area contributed by atoms with E-state index < -0.39 is 0 Å². The maximum Gasteiger partial charge on any atom is 0.115 e. The van der Waals surface area contributed by atoms with E-state index in [2.05, 4.69) is 24.1 Å². The fraction of sp³-hybridized carbons (Fsp3) is 0.600. The van der Waals surface area contributed by atoms with Crippen molar-refractivity contribution in [2.45, 2.75) is 26.3 Å². The summed E-state index contributed by atoms with van der Waals surface area (Å²) in [5, 5.41) is 13.0. The number of hydrogen-bond acceptors (Lipinski definition) is 3. The van der Waals surface area contributed by atoms with Gasteiger partial charge in [-0.2, -0.15) is 0 Å². The average molecular weight is 246 g/mol. The molecule has 3 heterocycles. The number of phenolic OH excluding ortho intramolecular Hbond substituents is 1. The molecule has 3 heteroatoms. The number of nitrogens with one attached hydrogen (secondary N) is 1. The molecule has 1 aromatic carbocycles. The van der Waals surface area contributed by atoms with Crippen LogP contribution in [0.4, 0.5) is 5.69 Å². The second-order valence-electron chi connectivity index (χ2n) is 6.40. The van der Waals surface area contributed by atoms with Crippen molar-refractivity contribution in [1.29, 1.82) is 0 Å². The quantitative estimate of drug-likeness (QED) is 0.797. The Hall–Kier alpha value is -1.22. The number of benzene rings is 1. The highest BCUT2D eigenvalue weighted by Crippen LogP contribution is 2.41. The lowest BCUT2D eigenvalue weighted by Gasteiger charge is -2.48. The van der Waals surface area contributed by atoms with Crippen molar-refractivity contribution < 1.29 is 5.11 Å². The largest absolute Gasteiger partial charge is 0.508 e. The minimum atomic E-state index is 0.344. The number of hydrogen-bond donors (Lipinski definition) is 2. The number of anilines is 1. The van der Waals surface area contributed by atoms with E-state index in [4.69, 9.17) is 0 Å². The van der Waals surface area contributed by atoms with Crippen molar-refractivity contribution >= 4 is 5.69 Å². The molecule has 0 spiro atoms. The first kappa shape index (κ1) is 11.8. The zero-order chi connectivity index (χ0) is 12.8. The van der Waals surface area contributed by atoms with E-state index in [9.17, 15) is 5.11 Å². The third kappa shape index (κ3) is 1.97. The van der Waals surface area contributed by atoms with Gasteiger partial charge < -0.3 is 15.3 Å². The lowest BCUT2D eigenvalue weighted by atomic mass is 9.73. The van der Waals surface area contributed by atoms with Crippen LogP contribution in [0.15, 0.2) is 24.3 Å². The van der Waals surface area contributed by atoms with Crippen LogP contribution in [-0.4, -0.2) is 30.8 Å². The molecule has 3 aliphatic heterocycles. The van der Waals surface area contributed by atoms with Gasteiger partial charge in [0, 0.05) is 24.8 Å². The summed E-state index contributed by atoms with van der Waals surface area (Å²) >= 11 is 0. The number of phenols is 1. The summed E-state index contributed by atoms with van der Waals surface area (Å²) in [5.74, 6) is 1.07. The Morgan fingerprint density at radius 2 is 1.94 bits per heavy atom. The van der Waals surface area contributed by atoms with Crippen LogP contribution >= 0.6 is 0 Å². The van der Waals surface area contributed by atoms with Crippen molar-refractivity contribution in [3.05, 3.63) is 24.3 Å². The highest BCUT2D eigenvalue weighted by molar-refractivity contribution is 5.51. The van der Waals surface area contributed by atoms with E-state index in [1.807, 2.05) is 12.1 Å². The fourth-order valence-corrected chi connectivity index (χ4v) is 3.65. The van der Waals surface area contributed by atoms with Crippen LogP contribution in [0.1, 0.15) is 20.3 Å². The van der Waals surface area contributed by atoms with Gasteiger partial charge in [-0.15, -0.1) is 0 Å². The van der Waals surface area contributed by atoms with Gasteiger partial charge in [0.2, 0.25) is 0 Å². The second kappa shape index (κ2) is 4.16. The number of aromatic hydroxyl groups is 1. The van der Waals surface area contributed by atoms with Crippen molar-refractivity contribution in [1.82, 2.24) is 5.32 Å². The minimum Gasteiger partial charge on any atom is -0.508 e. The Bertz CT molecular complexity index is 427. The Balaban J connectivity index is 1.94. The Morgan fingerprint density at radius 3 is 2.67 bits per heavy atom. The van der Waals surface area contributed by atoms with E-state index in [-0.39, 0.29) is 0 Å². The van der Waals surface area contributed by atoms with E-state index in [0.717, 1.165) is 25.6 Å². The Labute approximate surface area is 109 Å². The van der Waals surface area contributed by atoms with Crippen LogP contribution in [0.2, 0.25) is 0 Å². The van der Waals surface area contributed by atoms with Crippen molar-refractivity contribution in [3.8, 4) is 5.75 Å². The van der Waals surface area contributed by atoms with Crippen LogP contribution in [0, 0.1) is 11.3 Å². The Morgan fingerprint density at radius 1 is 1.22 bits per heavy atom. The summed E-state index contributed by atoms with van der Waals surface area (Å²) in [6.45, 7) is 8.08. The molecule has 0 saturated carbocycles. The molecule has 3 saturated heterocycles. The van der Waals surface area contributed by atoms with Gasteiger partial charge in [0.25, 0.3) is 0 Å². The maximum absolute atomic E-state index is 9.41. The van der Waals surface area contributed by atoms with Gasteiger partial charge in [0.05, 0.1) is 0 Å². The molecule has 98 valence electrons. The summed E-state index contributed by atoms with van der Waals surface area (Å²) in [7, 11) is 0. The van der Waals surface area contributed by atoms with Crippen LogP contribution < -0.4 is 10.2 Å². The number of piperidine rings is 1. The summed E-state index contributed by atoms with van der Waals surface area (Å²) in [6.07, 6.45) is 1.30. The zero-order valence-electron chi connectivity index (χ0n) is 11.2. The summed E-state index contributed by atoms with van der Waals surface area (Å²) in [6, 6.07) is 8.18. The number of rotatable bonds is 1. The molecule has 3 nitrogen and oxygen atoms in total. The van der Waals surface area contributed by atoms with Gasteiger partial charge >= 0.3 is 0 Å². The molecule has 0 radical (unpaired) electrons. The standard InChI is InChI=1S/C15H22N2O/c1-15(2)7-11-8-16-9-14(15)17(10-11)12-3-5-13(18)6-4-12/h3-6,11,14,16,18H,7-10H2,1-2H3/t11-,14-/m1/s1. The molecule has 0 unspecified atom stereocenters. The van der Waals surface area contributed by atoms with E-state index in [0.29, 0.717) is 17.2 Å². The molecule has 0 aliphatic carbocycles. The number of nitrogens with zero attached hydrogens (tertiary/aromatic N) is 1. The monoisotopic (exact) mass is 246 g/mol. The molecule has 3 aliphatic rings. The summed E-state index contributed by atoms with van der Waals surface area (Å²) < 4.78 is 0. The second-order valence-corrected chi connectivity index (χ2v) is 6.40. The average Bonchev–Trinajstić information content (AvgIpc) is 2.59. The molecule has 2 N–H and O–H groups in total. The van der Waals surface area contributed by atoms with Crippen LogP contribution in [0.25, 0.3) is 0 Å². The van der Waals surface area contributed by atoms with Gasteiger partial charge in [0.15, 0.2) is 0 Å². The molecule has 18 heavy (non-hydrogen) atoms. The van der Waals surface area contributed by atoms with Crippen molar-refractivity contribution in [2.75, 3.05) is 24.5 Å². The van der Waals surface area contributed by atoms with Crippen molar-refractivity contribution in [3.63, 3.8) is 0 Å².